The number of aryl methyl sites for hydroxylation is 1. The van der Waals surface area contributed by atoms with Crippen LogP contribution < -0.4 is 5.32 Å². The van der Waals surface area contributed by atoms with Gasteiger partial charge >= 0.3 is 0 Å². The minimum atomic E-state index is -0.811. The second-order valence-corrected chi connectivity index (χ2v) is 5.08. The molecule has 1 rings (SSSR count). The van der Waals surface area contributed by atoms with E-state index in [2.05, 4.69) is 5.32 Å². The van der Waals surface area contributed by atoms with Gasteiger partial charge in [-0.1, -0.05) is 6.07 Å². The standard InChI is InChI=1S/C13H17F2NO/c1-8-5-6-9(14)11(12(8)15)10(17)7-16-13(2,3)4/h5-6,16H,7H2,1-4H3. The van der Waals surface area contributed by atoms with Crippen LogP contribution in [-0.4, -0.2) is 17.9 Å². The lowest BCUT2D eigenvalue weighted by molar-refractivity contribution is 0.0973. The average Bonchev–Trinajstić information content (AvgIpc) is 2.20. The van der Waals surface area contributed by atoms with Crippen LogP contribution in [0, 0.1) is 18.6 Å². The third kappa shape index (κ3) is 3.60. The monoisotopic (exact) mass is 241 g/mol. The van der Waals surface area contributed by atoms with Gasteiger partial charge in [-0.05, 0) is 39.3 Å². The minimum Gasteiger partial charge on any atom is -0.305 e. The second-order valence-electron chi connectivity index (χ2n) is 5.08. The van der Waals surface area contributed by atoms with Crippen LogP contribution in [0.5, 0.6) is 0 Å². The summed E-state index contributed by atoms with van der Waals surface area (Å²) in [5.41, 5.74) is -0.459. The maximum absolute atomic E-state index is 13.6. The first-order valence-corrected chi connectivity index (χ1v) is 5.45. The Kier molecular flexibility index (Phi) is 3.98. The number of carbonyl (C=O) groups excluding carboxylic acids is 1. The molecule has 0 fully saturated rings. The predicted molar refractivity (Wildman–Crippen MR) is 63.2 cm³/mol. The molecule has 0 saturated heterocycles. The molecule has 0 spiro atoms. The highest BCUT2D eigenvalue weighted by Crippen LogP contribution is 2.16. The number of nitrogens with one attached hydrogen (secondary N) is 1. The van der Waals surface area contributed by atoms with E-state index >= 15 is 0 Å². The predicted octanol–water partition coefficient (Wildman–Crippen LogP) is 2.84. The Morgan fingerprint density at radius 1 is 1.29 bits per heavy atom. The first-order valence-electron chi connectivity index (χ1n) is 5.45. The van der Waals surface area contributed by atoms with Gasteiger partial charge in [0.15, 0.2) is 5.78 Å². The molecule has 1 N–H and O–H groups in total. The van der Waals surface area contributed by atoms with Crippen molar-refractivity contribution in [1.82, 2.24) is 5.32 Å². The van der Waals surface area contributed by atoms with E-state index in [0.717, 1.165) is 6.07 Å². The summed E-state index contributed by atoms with van der Waals surface area (Å²) in [5.74, 6) is -2.15. The van der Waals surface area contributed by atoms with Crippen molar-refractivity contribution in [3.63, 3.8) is 0 Å². The van der Waals surface area contributed by atoms with Crippen LogP contribution in [0.4, 0.5) is 8.78 Å². The van der Waals surface area contributed by atoms with Crippen molar-refractivity contribution in [3.05, 3.63) is 34.9 Å². The molecule has 0 heterocycles. The summed E-state index contributed by atoms with van der Waals surface area (Å²) >= 11 is 0. The van der Waals surface area contributed by atoms with Crippen LogP contribution >= 0.6 is 0 Å². The number of halogens is 2. The van der Waals surface area contributed by atoms with E-state index in [4.69, 9.17) is 0 Å². The Hall–Kier alpha value is -1.29. The number of rotatable bonds is 3. The Bertz CT molecular complexity index is 436. The quantitative estimate of drug-likeness (QED) is 0.824. The molecule has 0 atom stereocenters. The zero-order chi connectivity index (χ0) is 13.2. The van der Waals surface area contributed by atoms with E-state index in [9.17, 15) is 13.6 Å². The third-order valence-electron chi connectivity index (χ3n) is 2.34. The molecule has 0 aliphatic rings. The summed E-state index contributed by atoms with van der Waals surface area (Å²) < 4.78 is 27.1. The molecule has 0 aromatic heterocycles. The zero-order valence-corrected chi connectivity index (χ0v) is 10.5. The highest BCUT2D eigenvalue weighted by Gasteiger charge is 2.20. The maximum Gasteiger partial charge on any atom is 0.182 e. The molecule has 94 valence electrons. The fourth-order valence-electron chi connectivity index (χ4n) is 1.35. The molecule has 0 bridgehead atoms. The van der Waals surface area contributed by atoms with E-state index in [1.807, 2.05) is 20.8 Å². The van der Waals surface area contributed by atoms with Gasteiger partial charge in [-0.3, -0.25) is 4.79 Å². The molecular formula is C13H17F2NO. The van der Waals surface area contributed by atoms with Crippen LogP contribution in [-0.2, 0) is 0 Å². The molecule has 0 unspecified atom stereocenters. The van der Waals surface area contributed by atoms with Crippen LogP contribution in [0.25, 0.3) is 0 Å². The summed E-state index contributed by atoms with van der Waals surface area (Å²) in [7, 11) is 0. The molecule has 0 radical (unpaired) electrons. The maximum atomic E-state index is 13.6. The lowest BCUT2D eigenvalue weighted by atomic mass is 10.0. The Balaban J connectivity index is 2.93. The summed E-state index contributed by atoms with van der Waals surface area (Å²) in [5, 5.41) is 2.91. The second kappa shape index (κ2) is 4.92. The molecule has 17 heavy (non-hydrogen) atoms. The molecule has 0 saturated carbocycles. The summed E-state index contributed by atoms with van der Waals surface area (Å²) in [6, 6.07) is 2.43. The summed E-state index contributed by atoms with van der Waals surface area (Å²) in [6.07, 6.45) is 0. The summed E-state index contributed by atoms with van der Waals surface area (Å²) in [6.45, 7) is 7.05. The molecule has 0 aliphatic heterocycles. The van der Waals surface area contributed by atoms with Gasteiger partial charge in [0.25, 0.3) is 0 Å². The molecule has 2 nitrogen and oxygen atoms in total. The van der Waals surface area contributed by atoms with Crippen molar-refractivity contribution in [2.24, 2.45) is 0 Å². The van der Waals surface area contributed by atoms with Crippen molar-refractivity contribution in [1.29, 1.82) is 0 Å². The fraction of sp³-hybridized carbons (Fsp3) is 0.462. The van der Waals surface area contributed by atoms with Crippen LogP contribution in [0.1, 0.15) is 36.7 Å². The highest BCUT2D eigenvalue weighted by molar-refractivity contribution is 5.98. The minimum absolute atomic E-state index is 0.0825. The molecule has 1 aromatic rings. The average molecular weight is 241 g/mol. The fourth-order valence-corrected chi connectivity index (χ4v) is 1.35. The van der Waals surface area contributed by atoms with Crippen molar-refractivity contribution < 1.29 is 13.6 Å². The van der Waals surface area contributed by atoms with Crippen LogP contribution in [0.2, 0.25) is 0 Å². The van der Waals surface area contributed by atoms with Gasteiger partial charge < -0.3 is 5.32 Å². The van der Waals surface area contributed by atoms with Gasteiger partial charge in [-0.25, -0.2) is 8.78 Å². The first-order chi connectivity index (χ1) is 7.72. The van der Waals surface area contributed by atoms with Gasteiger partial charge in [-0.15, -0.1) is 0 Å². The molecule has 0 amide bonds. The van der Waals surface area contributed by atoms with Crippen LogP contribution in [0.3, 0.4) is 0 Å². The number of Topliss-reactive ketones (excluding diaryl/α,β-unsaturated/α-hetero) is 1. The zero-order valence-electron chi connectivity index (χ0n) is 10.5. The number of ketones is 1. The SMILES string of the molecule is Cc1ccc(F)c(C(=O)CNC(C)(C)C)c1F. The molecular weight excluding hydrogens is 224 g/mol. The van der Waals surface area contributed by atoms with Gasteiger partial charge in [0.05, 0.1) is 12.1 Å². The van der Waals surface area contributed by atoms with Crippen LogP contribution in [0.15, 0.2) is 12.1 Å². The molecule has 1 aromatic carbocycles. The third-order valence-corrected chi connectivity index (χ3v) is 2.34. The molecule has 0 aliphatic carbocycles. The van der Waals surface area contributed by atoms with Crippen molar-refractivity contribution in [2.75, 3.05) is 6.54 Å². The lowest BCUT2D eigenvalue weighted by Crippen LogP contribution is -2.39. The van der Waals surface area contributed by atoms with Gasteiger partial charge in [0.1, 0.15) is 11.6 Å². The van der Waals surface area contributed by atoms with Gasteiger partial charge in [0.2, 0.25) is 0 Å². The topological polar surface area (TPSA) is 29.1 Å². The van der Waals surface area contributed by atoms with E-state index in [-0.39, 0.29) is 17.6 Å². The van der Waals surface area contributed by atoms with Gasteiger partial charge in [0, 0.05) is 5.54 Å². The first kappa shape index (κ1) is 13.8. The number of hydrogen-bond acceptors (Lipinski definition) is 2. The van der Waals surface area contributed by atoms with E-state index in [1.54, 1.807) is 0 Å². The van der Waals surface area contributed by atoms with Crippen molar-refractivity contribution in [3.8, 4) is 0 Å². The molecule has 4 heteroatoms. The Morgan fingerprint density at radius 2 is 1.88 bits per heavy atom. The largest absolute Gasteiger partial charge is 0.305 e. The lowest BCUT2D eigenvalue weighted by Gasteiger charge is -2.20. The summed E-state index contributed by atoms with van der Waals surface area (Å²) in [4.78, 5) is 11.7. The van der Waals surface area contributed by atoms with Crippen molar-refractivity contribution in [2.45, 2.75) is 33.2 Å². The number of benzene rings is 1. The Labute approximate surface area is 100 Å². The van der Waals surface area contributed by atoms with Crippen molar-refractivity contribution >= 4 is 5.78 Å². The Morgan fingerprint density at radius 3 is 2.41 bits per heavy atom. The highest BCUT2D eigenvalue weighted by atomic mass is 19.1. The van der Waals surface area contributed by atoms with E-state index in [1.165, 1.54) is 13.0 Å². The smallest absolute Gasteiger partial charge is 0.182 e. The number of hydrogen-bond donors (Lipinski definition) is 1. The van der Waals surface area contributed by atoms with E-state index in [0.29, 0.717) is 0 Å². The van der Waals surface area contributed by atoms with E-state index < -0.39 is 23.0 Å². The van der Waals surface area contributed by atoms with Gasteiger partial charge in [-0.2, -0.15) is 0 Å². The normalized spacial score (nSPS) is 11.6. The number of carbonyl (C=O) groups is 1.